The van der Waals surface area contributed by atoms with Crippen molar-refractivity contribution in [2.24, 2.45) is 5.92 Å². The summed E-state index contributed by atoms with van der Waals surface area (Å²) in [6.45, 7) is 22.6. The number of fused-ring (bicyclic) bond motifs is 9. The van der Waals surface area contributed by atoms with Gasteiger partial charge in [0.1, 0.15) is 4.83 Å². The minimum atomic E-state index is -1.41. The van der Waals surface area contributed by atoms with E-state index in [1.54, 1.807) is 17.4 Å². The van der Waals surface area contributed by atoms with E-state index in [4.69, 9.17) is 9.97 Å². The number of aryl methyl sites for hydroxylation is 3. The first-order chi connectivity index (χ1) is 33.1. The Hall–Kier alpha value is -6.15. The second-order valence-corrected chi connectivity index (χ2v) is 26.5. The van der Waals surface area contributed by atoms with E-state index in [-0.39, 0.29) is 31.3 Å². The number of rotatable bonds is 8. The number of aromatic nitrogens is 4. The van der Waals surface area contributed by atoms with Gasteiger partial charge in [-0.25, -0.2) is 4.98 Å². The number of thiophene rings is 1. The molecular weight excluding hydrogens is 1070 g/mol. The van der Waals surface area contributed by atoms with E-state index in [1.807, 2.05) is 6.20 Å². The van der Waals surface area contributed by atoms with Crippen molar-refractivity contribution in [1.82, 2.24) is 19.5 Å². The largest absolute Gasteiger partial charge is 0.332 e. The molecule has 4 aromatic heterocycles. The van der Waals surface area contributed by atoms with Gasteiger partial charge in [-0.05, 0) is 75.3 Å². The second kappa shape index (κ2) is 19.2. The van der Waals surface area contributed by atoms with E-state index in [1.165, 1.54) is 82.5 Å². The summed E-state index contributed by atoms with van der Waals surface area (Å²) < 4.78 is 16.6. The minimum Gasteiger partial charge on any atom is -0.332 e. The summed E-state index contributed by atoms with van der Waals surface area (Å²) in [7, 11) is -1.41. The van der Waals surface area contributed by atoms with Crippen LogP contribution in [0.4, 0.5) is 4.39 Å². The van der Waals surface area contributed by atoms with Crippen LogP contribution in [0.2, 0.25) is 19.6 Å². The van der Waals surface area contributed by atoms with E-state index >= 15 is 0 Å². The first-order valence-corrected chi connectivity index (χ1v) is 28.3. The molecule has 353 valence electrons. The van der Waals surface area contributed by atoms with Crippen LogP contribution in [0, 0.1) is 44.6 Å². The summed E-state index contributed by atoms with van der Waals surface area (Å²) in [5.74, 6) is 1.25. The quantitative estimate of drug-likeness (QED) is 0.0865. The van der Waals surface area contributed by atoms with Crippen molar-refractivity contribution < 1.29 is 24.5 Å². The van der Waals surface area contributed by atoms with Crippen LogP contribution in [0.25, 0.3) is 81.2 Å². The topological polar surface area (TPSA) is 43.6 Å². The molecule has 7 aromatic carbocycles. The van der Waals surface area contributed by atoms with Crippen molar-refractivity contribution in [2.45, 2.75) is 79.9 Å². The van der Waals surface area contributed by atoms with Gasteiger partial charge in [-0.2, -0.15) is 11.3 Å². The molecule has 0 saturated heterocycles. The molecule has 0 spiro atoms. The Morgan fingerprint density at radius 2 is 1.36 bits per heavy atom. The Kier molecular flexibility index (Phi) is 13.4. The molecule has 4 nitrogen and oxygen atoms in total. The molecule has 0 N–H and O–H groups in total. The molecule has 0 aliphatic heterocycles. The van der Waals surface area contributed by atoms with Crippen LogP contribution in [-0.4, -0.2) is 27.6 Å². The molecule has 4 heterocycles. The third-order valence-corrected chi connectivity index (χ3v) is 16.8. The number of imidazole rings is 1. The molecule has 11 rings (SSSR count). The maximum Gasteiger partial charge on any atom is 0.114 e. The third kappa shape index (κ3) is 8.85. The Labute approximate surface area is 430 Å². The van der Waals surface area contributed by atoms with Crippen molar-refractivity contribution >= 4 is 77.5 Å². The van der Waals surface area contributed by atoms with E-state index in [9.17, 15) is 4.39 Å². The summed E-state index contributed by atoms with van der Waals surface area (Å²) in [5, 5.41) is 8.64. The van der Waals surface area contributed by atoms with E-state index in [2.05, 4.69) is 211 Å². The Balaban J connectivity index is 0.000000234. The van der Waals surface area contributed by atoms with Crippen LogP contribution in [0.5, 0.6) is 0 Å². The van der Waals surface area contributed by atoms with E-state index < -0.39 is 8.07 Å². The summed E-state index contributed by atoms with van der Waals surface area (Å²) in [6.07, 6.45) is 3.08. The van der Waals surface area contributed by atoms with E-state index in [0.717, 1.165) is 56.0 Å². The van der Waals surface area contributed by atoms with Gasteiger partial charge in [0, 0.05) is 59.4 Å². The molecule has 0 saturated carbocycles. The standard InChI is InChI=1S/C44H34N3S.C18H23FNSi.Ir/c1-26-22-23-35(41-37(26)34-24-25-36(45-43(34)48-41)44(4,5)29-16-7-6-8-17-29)42-46-38-32-20-11-9-18-30(32)31-19-10-12-21-33(31)40(38)47(42)39-27(2)14-13-15-28(39)3;1-13(2)10-15-11-17(14-6-8-16(19)9-7-14)20-12-18(15)21(3,4)5;/h6-22,24-25H,1-5H3;6,8-9,11-13H,10H2,1-5H3;/q2*-1;. The molecule has 0 fully saturated rings. The molecule has 0 aliphatic rings. The SMILES string of the molecule is CC(C)Cc1cc(-c2[c-]cc(F)cc2)ncc1[Si](C)(C)C.Cc1cccc(C)c1-n1c(-c2[c-]cc(C)c3c2sc2nc(C(C)(C)c4ccccc4)ccc23)nc2c3ccccc3c3ccccc3c21.[Ir]. The second-order valence-electron chi connectivity index (χ2n) is 20.5. The first kappa shape index (κ1) is 48.9. The van der Waals surface area contributed by atoms with Crippen molar-refractivity contribution in [3.8, 4) is 28.3 Å². The number of hydrogen-bond acceptors (Lipinski definition) is 4. The number of benzene rings is 7. The monoisotopic (exact) mass is 1130 g/mol. The zero-order valence-corrected chi connectivity index (χ0v) is 45.8. The zero-order valence-electron chi connectivity index (χ0n) is 41.5. The van der Waals surface area contributed by atoms with Crippen LogP contribution in [-0.2, 0) is 31.9 Å². The summed E-state index contributed by atoms with van der Waals surface area (Å²) in [6, 6.07) is 54.7. The minimum absolute atomic E-state index is 0. The van der Waals surface area contributed by atoms with Crippen LogP contribution < -0.4 is 5.19 Å². The van der Waals surface area contributed by atoms with Gasteiger partial charge in [-0.15, -0.1) is 47.5 Å². The average Bonchev–Trinajstić information content (AvgIpc) is 3.92. The Morgan fingerprint density at radius 3 is 2.01 bits per heavy atom. The van der Waals surface area contributed by atoms with Crippen molar-refractivity contribution in [2.75, 3.05) is 0 Å². The smallest absolute Gasteiger partial charge is 0.114 e. The Bertz CT molecular complexity index is 3720. The van der Waals surface area contributed by atoms with Gasteiger partial charge >= 0.3 is 0 Å². The van der Waals surface area contributed by atoms with Crippen LogP contribution in [0.15, 0.2) is 146 Å². The molecule has 8 heteroatoms. The van der Waals surface area contributed by atoms with Crippen LogP contribution >= 0.6 is 11.3 Å². The maximum absolute atomic E-state index is 13.0. The predicted molar refractivity (Wildman–Crippen MR) is 294 cm³/mol. The van der Waals surface area contributed by atoms with E-state index in [0.29, 0.717) is 5.92 Å². The molecule has 11 aromatic rings. The van der Waals surface area contributed by atoms with Crippen molar-refractivity contribution in [1.29, 1.82) is 0 Å². The number of nitrogens with zero attached hydrogens (tertiary/aromatic N) is 4. The molecule has 0 bridgehead atoms. The fourth-order valence-corrected chi connectivity index (χ4v) is 13.0. The molecule has 0 amide bonds. The number of hydrogen-bond donors (Lipinski definition) is 0. The molecule has 0 aliphatic carbocycles. The van der Waals surface area contributed by atoms with Gasteiger partial charge in [0.2, 0.25) is 0 Å². The third-order valence-electron chi connectivity index (χ3n) is 13.6. The van der Waals surface area contributed by atoms with Crippen molar-refractivity contribution in [3.05, 3.63) is 197 Å². The summed E-state index contributed by atoms with van der Waals surface area (Å²) >= 11 is 1.76. The van der Waals surface area contributed by atoms with Gasteiger partial charge in [0.15, 0.2) is 0 Å². The molecule has 0 unspecified atom stereocenters. The predicted octanol–water partition coefficient (Wildman–Crippen LogP) is 16.2. The maximum atomic E-state index is 13.0. The number of para-hydroxylation sites is 1. The van der Waals surface area contributed by atoms with Gasteiger partial charge in [-0.3, -0.25) is 9.37 Å². The van der Waals surface area contributed by atoms with Gasteiger partial charge in [-0.1, -0.05) is 180 Å². The fourth-order valence-electron chi connectivity index (χ4n) is 10.1. The Morgan fingerprint density at radius 1 is 0.700 bits per heavy atom. The average molecular weight is 1130 g/mol. The summed E-state index contributed by atoms with van der Waals surface area (Å²) in [5.41, 5.74) is 13.1. The van der Waals surface area contributed by atoms with Gasteiger partial charge < -0.3 is 9.55 Å². The summed E-state index contributed by atoms with van der Waals surface area (Å²) in [4.78, 5) is 16.6. The normalized spacial score (nSPS) is 12.0. The zero-order chi connectivity index (χ0) is 48.4. The van der Waals surface area contributed by atoms with Gasteiger partial charge in [0.25, 0.3) is 0 Å². The molecule has 70 heavy (non-hydrogen) atoms. The number of pyridine rings is 2. The molecule has 1 radical (unpaired) electrons. The van der Waals surface area contributed by atoms with Gasteiger partial charge in [0.05, 0.1) is 30.6 Å². The van der Waals surface area contributed by atoms with Crippen LogP contribution in [0.1, 0.15) is 61.2 Å². The van der Waals surface area contributed by atoms with Crippen molar-refractivity contribution in [3.63, 3.8) is 0 Å². The molecular formula is C62H57FIrN4SSi-2. The first-order valence-electron chi connectivity index (χ1n) is 24.0. The fraction of sp³-hybridized carbons (Fsp3) is 0.210. The molecule has 0 atom stereocenters. The van der Waals surface area contributed by atoms with Crippen LogP contribution in [0.3, 0.4) is 0 Å². The number of halogens is 1.